The van der Waals surface area contributed by atoms with Crippen LogP contribution in [0.1, 0.15) is 27.7 Å². The van der Waals surface area contributed by atoms with E-state index in [1.165, 1.54) is 27.7 Å². The highest BCUT2D eigenvalue weighted by molar-refractivity contribution is 8.01. The second-order valence-electron chi connectivity index (χ2n) is 7.59. The van der Waals surface area contributed by atoms with E-state index in [4.69, 9.17) is 5.26 Å². The molecule has 2 unspecified atom stereocenters. The van der Waals surface area contributed by atoms with Gasteiger partial charge in [0.05, 0.1) is 16.9 Å². The predicted octanol–water partition coefficient (Wildman–Crippen LogP) is 3.43. The van der Waals surface area contributed by atoms with E-state index in [-0.39, 0.29) is 0 Å². The number of nitrogens with zero attached hydrogens (tertiary/aromatic N) is 1. The summed E-state index contributed by atoms with van der Waals surface area (Å²) < 4.78 is 81.0. The molecule has 1 aliphatic carbocycles. The molecule has 0 aromatic rings. The third-order valence-electron chi connectivity index (χ3n) is 5.50. The molecule has 0 aromatic heterocycles. The van der Waals surface area contributed by atoms with Crippen molar-refractivity contribution in [3.63, 3.8) is 0 Å². The maximum Gasteiger partial charge on any atom is 0.409 e. The molecule has 1 saturated carbocycles. The normalized spacial score (nSPS) is 33.0. The van der Waals surface area contributed by atoms with Crippen molar-refractivity contribution in [1.82, 2.24) is 5.32 Å². The molecule has 2 fully saturated rings. The first-order chi connectivity index (χ1) is 11.4. The average Bonchev–Trinajstić information content (AvgIpc) is 2.60. The second-order valence-corrected chi connectivity index (χ2v) is 8.78. The lowest BCUT2D eigenvalue weighted by molar-refractivity contribution is -0.266. The SMILES string of the molecule is CC1(C)C(=O)C(C)(C)C12NC(=O)C(C(F)(F)F)C(C#N)(C(F)(F)F)CS2. The summed E-state index contributed by atoms with van der Waals surface area (Å²) in [6.07, 6.45) is -11.2. The number of nitrogens with one attached hydrogen (secondary N) is 1. The number of carbonyl (C=O) groups is 2. The number of hydrogen-bond acceptors (Lipinski definition) is 4. The molecule has 1 heterocycles. The molecular weight excluding hydrogens is 386 g/mol. The summed E-state index contributed by atoms with van der Waals surface area (Å²) in [7, 11) is 0. The molecule has 26 heavy (non-hydrogen) atoms. The van der Waals surface area contributed by atoms with E-state index >= 15 is 0 Å². The highest BCUT2D eigenvalue weighted by atomic mass is 32.2. The molecule has 2 atom stereocenters. The van der Waals surface area contributed by atoms with Crippen LogP contribution in [0.25, 0.3) is 0 Å². The number of hydrogen-bond donors (Lipinski definition) is 1. The summed E-state index contributed by atoms with van der Waals surface area (Å²) in [6, 6.07) is 0.725. The number of ketones is 1. The molecule has 1 N–H and O–H groups in total. The van der Waals surface area contributed by atoms with Gasteiger partial charge in [0, 0.05) is 5.75 Å². The van der Waals surface area contributed by atoms with Crippen LogP contribution in [0.15, 0.2) is 0 Å². The molecule has 1 aliphatic heterocycles. The Kier molecular flexibility index (Phi) is 4.25. The molecule has 146 valence electrons. The van der Waals surface area contributed by atoms with E-state index < -0.39 is 56.8 Å². The van der Waals surface area contributed by atoms with Gasteiger partial charge in [-0.2, -0.15) is 31.6 Å². The quantitative estimate of drug-likeness (QED) is 0.631. The van der Waals surface area contributed by atoms with Crippen LogP contribution in [0.5, 0.6) is 0 Å². The van der Waals surface area contributed by atoms with E-state index in [1.54, 1.807) is 0 Å². The Morgan fingerprint density at radius 3 is 1.88 bits per heavy atom. The smallest absolute Gasteiger partial charge is 0.339 e. The summed E-state index contributed by atoms with van der Waals surface area (Å²) in [5.41, 5.74) is -6.75. The van der Waals surface area contributed by atoms with Gasteiger partial charge in [0.25, 0.3) is 0 Å². The van der Waals surface area contributed by atoms with Crippen LogP contribution in [-0.4, -0.2) is 34.7 Å². The van der Waals surface area contributed by atoms with E-state index in [2.05, 4.69) is 5.32 Å². The van der Waals surface area contributed by atoms with Crippen molar-refractivity contribution in [3.05, 3.63) is 0 Å². The van der Waals surface area contributed by atoms with Gasteiger partial charge in [-0.3, -0.25) is 9.59 Å². The summed E-state index contributed by atoms with van der Waals surface area (Å²) in [5.74, 6) is -7.27. The minimum Gasteiger partial charge on any atom is -0.339 e. The van der Waals surface area contributed by atoms with E-state index in [1.807, 2.05) is 0 Å². The zero-order valence-electron chi connectivity index (χ0n) is 14.2. The van der Waals surface area contributed by atoms with Crippen molar-refractivity contribution in [2.75, 3.05) is 5.75 Å². The first kappa shape index (κ1) is 20.9. The fraction of sp³-hybridized carbons (Fsp3) is 0.800. The summed E-state index contributed by atoms with van der Waals surface area (Å²) in [6.45, 7) is 5.40. The maximum absolute atomic E-state index is 13.6. The Balaban J connectivity index is 2.71. The maximum atomic E-state index is 13.6. The van der Waals surface area contributed by atoms with E-state index in [9.17, 15) is 35.9 Å². The van der Waals surface area contributed by atoms with Gasteiger partial charge in [-0.15, -0.1) is 11.8 Å². The Bertz CT molecular complexity index is 688. The van der Waals surface area contributed by atoms with Gasteiger partial charge in [-0.1, -0.05) is 0 Å². The molecule has 4 nitrogen and oxygen atoms in total. The standard InChI is InChI=1S/C15H16F6N2O2S/c1-10(2)9(25)11(3,4)14(10)23-8(24)7(13(16,17)18)12(5-22,6-26-14)15(19,20)21/h7H,6H2,1-4H3,(H,23,24). The van der Waals surface area contributed by atoms with Gasteiger partial charge >= 0.3 is 12.4 Å². The number of nitriles is 1. The van der Waals surface area contributed by atoms with Crippen molar-refractivity contribution in [2.45, 2.75) is 44.9 Å². The van der Waals surface area contributed by atoms with E-state index in [0.717, 1.165) is 6.07 Å². The molecule has 2 aliphatic rings. The average molecular weight is 402 g/mol. The van der Waals surface area contributed by atoms with Crippen LogP contribution in [0.4, 0.5) is 26.3 Å². The number of carbonyl (C=O) groups excluding carboxylic acids is 2. The number of amides is 1. The zero-order valence-corrected chi connectivity index (χ0v) is 15.0. The van der Waals surface area contributed by atoms with Crippen LogP contribution in [0.2, 0.25) is 0 Å². The lowest BCUT2D eigenvalue weighted by atomic mass is 9.50. The Hall–Kier alpha value is -1.44. The number of thioether (sulfide) groups is 1. The second kappa shape index (κ2) is 5.30. The number of halogens is 6. The molecule has 1 saturated heterocycles. The van der Waals surface area contributed by atoms with Gasteiger partial charge in [0.1, 0.15) is 4.87 Å². The van der Waals surface area contributed by atoms with Gasteiger partial charge in [-0.05, 0) is 27.7 Å². The van der Waals surface area contributed by atoms with Crippen LogP contribution in [-0.2, 0) is 9.59 Å². The van der Waals surface area contributed by atoms with Gasteiger partial charge in [0.15, 0.2) is 17.1 Å². The molecule has 1 amide bonds. The van der Waals surface area contributed by atoms with Gasteiger partial charge in [-0.25, -0.2) is 0 Å². The highest BCUT2D eigenvalue weighted by Crippen LogP contribution is 2.67. The van der Waals surface area contributed by atoms with Crippen LogP contribution < -0.4 is 5.32 Å². The first-order valence-corrected chi connectivity index (χ1v) is 8.46. The van der Waals surface area contributed by atoms with Crippen LogP contribution in [0.3, 0.4) is 0 Å². The third kappa shape index (κ3) is 2.23. The number of alkyl halides is 6. The zero-order chi connectivity index (χ0) is 20.6. The molecule has 2 rings (SSSR count). The topological polar surface area (TPSA) is 70.0 Å². The molecule has 0 radical (unpaired) electrons. The van der Waals surface area contributed by atoms with Crippen molar-refractivity contribution in [2.24, 2.45) is 22.2 Å². The highest BCUT2D eigenvalue weighted by Gasteiger charge is 2.79. The third-order valence-corrected chi connectivity index (χ3v) is 7.65. The van der Waals surface area contributed by atoms with Gasteiger partial charge < -0.3 is 5.32 Å². The van der Waals surface area contributed by atoms with Crippen LogP contribution >= 0.6 is 11.8 Å². The van der Waals surface area contributed by atoms with Crippen molar-refractivity contribution in [3.8, 4) is 6.07 Å². The van der Waals surface area contributed by atoms with Crippen molar-refractivity contribution < 1.29 is 35.9 Å². The van der Waals surface area contributed by atoms with Gasteiger partial charge in [0.2, 0.25) is 5.91 Å². The molecule has 0 aromatic carbocycles. The minimum atomic E-state index is -5.60. The van der Waals surface area contributed by atoms with E-state index in [0.29, 0.717) is 11.8 Å². The molecule has 0 bridgehead atoms. The monoisotopic (exact) mass is 402 g/mol. The number of Topliss-reactive ketones (excluding diaryl/α,β-unsaturated/α-hetero) is 1. The lowest BCUT2D eigenvalue weighted by Gasteiger charge is -2.64. The predicted molar refractivity (Wildman–Crippen MR) is 79.5 cm³/mol. The Morgan fingerprint density at radius 2 is 1.54 bits per heavy atom. The largest absolute Gasteiger partial charge is 0.409 e. The molecule has 1 spiro atoms. The van der Waals surface area contributed by atoms with Crippen LogP contribution in [0, 0.1) is 33.5 Å². The number of rotatable bonds is 0. The Labute approximate surface area is 149 Å². The molecular formula is C15H16F6N2O2S. The first-order valence-electron chi connectivity index (χ1n) is 7.48. The summed E-state index contributed by atoms with van der Waals surface area (Å²) >= 11 is 0.378. The summed E-state index contributed by atoms with van der Waals surface area (Å²) in [4.78, 5) is 23.0. The fourth-order valence-electron chi connectivity index (χ4n) is 4.14. The van der Waals surface area contributed by atoms with Crippen molar-refractivity contribution >= 4 is 23.5 Å². The summed E-state index contributed by atoms with van der Waals surface area (Å²) in [5, 5.41) is 11.1. The van der Waals surface area contributed by atoms with Crippen molar-refractivity contribution in [1.29, 1.82) is 5.26 Å². The molecule has 11 heteroatoms. The fourth-order valence-corrected chi connectivity index (χ4v) is 6.06. The minimum absolute atomic E-state index is 0.378. The lowest BCUT2D eigenvalue weighted by Crippen LogP contribution is -2.79. The Morgan fingerprint density at radius 1 is 1.08 bits per heavy atom.